The lowest BCUT2D eigenvalue weighted by molar-refractivity contribution is -0.136. The van der Waals surface area contributed by atoms with E-state index in [0.29, 0.717) is 47.0 Å². The number of imide groups is 1. The van der Waals surface area contributed by atoms with E-state index in [1.165, 1.54) is 12.1 Å². The molecule has 2 N–H and O–H groups in total. The number of phenols is 1. The van der Waals surface area contributed by atoms with Crippen LogP contribution in [0.4, 0.5) is 24.5 Å². The zero-order valence-corrected chi connectivity index (χ0v) is 31.4. The van der Waals surface area contributed by atoms with Crippen LogP contribution in [-0.4, -0.2) is 91.1 Å². The highest BCUT2D eigenvalue weighted by Crippen LogP contribution is 2.48. The zero-order valence-electron chi connectivity index (χ0n) is 31.4. The number of phenolic OH excluding ortho intramolecular Hbond substituents is 1. The van der Waals surface area contributed by atoms with Crippen molar-refractivity contribution in [2.75, 3.05) is 62.2 Å². The Bertz CT molecular complexity index is 2240. The van der Waals surface area contributed by atoms with E-state index >= 15 is 4.39 Å². The Balaban J connectivity index is 0.803. The van der Waals surface area contributed by atoms with Crippen molar-refractivity contribution in [3.63, 3.8) is 0 Å². The van der Waals surface area contributed by atoms with Gasteiger partial charge in [0.2, 0.25) is 11.8 Å². The summed E-state index contributed by atoms with van der Waals surface area (Å²) >= 11 is 0. The molecule has 3 atom stereocenters. The second-order valence-corrected chi connectivity index (χ2v) is 16.0. The van der Waals surface area contributed by atoms with Crippen LogP contribution in [0, 0.1) is 23.4 Å². The highest BCUT2D eigenvalue weighted by atomic mass is 19.2. The van der Waals surface area contributed by atoms with Gasteiger partial charge >= 0.3 is 0 Å². The number of nitrogens with one attached hydrogen (secondary N) is 1. The van der Waals surface area contributed by atoms with Gasteiger partial charge in [-0.3, -0.25) is 24.6 Å². The molecular weight excluding hydrogens is 736 g/mol. The minimum Gasteiger partial charge on any atom is -0.508 e. The van der Waals surface area contributed by atoms with Gasteiger partial charge in [-0.1, -0.05) is 18.2 Å². The van der Waals surface area contributed by atoms with Gasteiger partial charge < -0.3 is 24.5 Å². The lowest BCUT2D eigenvalue weighted by Crippen LogP contribution is -2.52. The Morgan fingerprint density at radius 3 is 2.28 bits per heavy atom. The highest BCUT2D eigenvalue weighted by molar-refractivity contribution is 6.05. The van der Waals surface area contributed by atoms with E-state index < -0.39 is 35.4 Å². The molecule has 3 saturated heterocycles. The average Bonchev–Trinajstić information content (AvgIpc) is 3.53. The second kappa shape index (κ2) is 15.1. The molecule has 1 unspecified atom stereocenters. The van der Waals surface area contributed by atoms with E-state index in [9.17, 15) is 28.3 Å². The molecule has 0 radical (unpaired) electrons. The summed E-state index contributed by atoms with van der Waals surface area (Å²) < 4.78 is 50.2. The highest BCUT2D eigenvalue weighted by Gasteiger charge is 2.40. The molecule has 5 heterocycles. The molecule has 3 fully saturated rings. The number of aromatic hydroxyl groups is 1. The van der Waals surface area contributed by atoms with Crippen LogP contribution in [0.1, 0.15) is 70.1 Å². The number of ether oxygens (including phenoxy) is 1. The number of rotatable bonds is 7. The van der Waals surface area contributed by atoms with Gasteiger partial charge in [0.05, 0.1) is 12.3 Å². The maximum absolute atomic E-state index is 16.1. The van der Waals surface area contributed by atoms with Crippen molar-refractivity contribution in [2.45, 2.75) is 50.1 Å². The van der Waals surface area contributed by atoms with Crippen LogP contribution < -0.4 is 19.9 Å². The van der Waals surface area contributed by atoms with Gasteiger partial charge in [-0.25, -0.2) is 13.2 Å². The number of hydrogen-bond acceptors (Lipinski definition) is 8. The summed E-state index contributed by atoms with van der Waals surface area (Å²) in [5.41, 5.74) is 5.11. The van der Waals surface area contributed by atoms with Gasteiger partial charge in [0.15, 0.2) is 11.6 Å². The third kappa shape index (κ3) is 7.17. The van der Waals surface area contributed by atoms with Gasteiger partial charge in [0.1, 0.15) is 23.4 Å². The molecule has 9 rings (SSSR count). The number of anilines is 2. The summed E-state index contributed by atoms with van der Waals surface area (Å²) in [6, 6.07) is 19.2. The molecule has 4 aromatic carbocycles. The van der Waals surface area contributed by atoms with Crippen molar-refractivity contribution >= 4 is 29.1 Å². The molecule has 13 heteroatoms. The van der Waals surface area contributed by atoms with E-state index in [1.54, 1.807) is 29.2 Å². The van der Waals surface area contributed by atoms with Crippen LogP contribution in [0.5, 0.6) is 11.5 Å². The fourth-order valence-electron chi connectivity index (χ4n) is 9.48. The number of nitrogens with zero attached hydrogens (tertiary/aromatic N) is 4. The summed E-state index contributed by atoms with van der Waals surface area (Å²) in [5, 5.41) is 12.5. The standard InChI is InChI=1S/C44H44F3N5O5/c45-35-7-1-27(20-36(35)46)34-25-57-40-22-31(53)4-6-33(40)42(34)28-2-8-38(37(47)21-28)51-13-11-26(12-14-51)23-49-15-17-50(18-16-49)30-3-5-32-29(19-30)24-52(44(32)56)39-9-10-41(54)48-43(39)55/h1-8,19-22,26,34,39,42,53H,9-18,23-25H2,(H,48,54,55)/t34?,39-,42+/m0/s1. The fraction of sp³-hybridized carbons (Fsp3) is 0.386. The molecule has 10 nitrogen and oxygen atoms in total. The Kier molecular flexibility index (Phi) is 9.80. The second-order valence-electron chi connectivity index (χ2n) is 16.0. The monoisotopic (exact) mass is 779 g/mol. The van der Waals surface area contributed by atoms with Crippen LogP contribution in [0.3, 0.4) is 0 Å². The van der Waals surface area contributed by atoms with Gasteiger partial charge in [0.25, 0.3) is 5.91 Å². The number of amides is 3. The fourth-order valence-corrected chi connectivity index (χ4v) is 9.48. The van der Waals surface area contributed by atoms with E-state index in [2.05, 4.69) is 26.1 Å². The normalized spacial score (nSPS) is 23.0. The lowest BCUT2D eigenvalue weighted by Gasteiger charge is -2.40. The summed E-state index contributed by atoms with van der Waals surface area (Å²) in [7, 11) is 0. The van der Waals surface area contributed by atoms with Crippen molar-refractivity contribution in [1.82, 2.24) is 15.1 Å². The summed E-state index contributed by atoms with van der Waals surface area (Å²) in [5.74, 6) is -2.89. The number of piperazine rings is 1. The van der Waals surface area contributed by atoms with Crippen LogP contribution >= 0.6 is 0 Å². The van der Waals surface area contributed by atoms with Gasteiger partial charge in [-0.2, -0.15) is 0 Å². The number of piperidine rings is 2. The van der Waals surface area contributed by atoms with Crippen LogP contribution in [0.15, 0.2) is 72.8 Å². The predicted molar refractivity (Wildman–Crippen MR) is 207 cm³/mol. The molecule has 5 aliphatic rings. The molecule has 57 heavy (non-hydrogen) atoms. The Morgan fingerprint density at radius 1 is 0.754 bits per heavy atom. The van der Waals surface area contributed by atoms with E-state index in [1.807, 2.05) is 24.3 Å². The maximum Gasteiger partial charge on any atom is 0.255 e. The first-order chi connectivity index (χ1) is 27.6. The smallest absolute Gasteiger partial charge is 0.255 e. The van der Waals surface area contributed by atoms with Crippen LogP contribution in [0.2, 0.25) is 0 Å². The SMILES string of the molecule is O=C1CC[C@H](N2Cc3cc(N4CCN(CC5CCN(c6ccc([C@@H]7c8ccc(O)cc8OCC7c7ccc(F)c(F)c7)cc6F)CC5)CC4)ccc3C2=O)C(=O)N1. The molecule has 0 spiro atoms. The number of carbonyl (C=O) groups excluding carboxylic acids is 3. The topological polar surface area (TPSA) is 106 Å². The number of carbonyl (C=O) groups is 3. The van der Waals surface area contributed by atoms with Gasteiger partial charge in [0, 0.05) is 93.5 Å². The molecule has 0 aliphatic carbocycles. The van der Waals surface area contributed by atoms with Crippen molar-refractivity contribution in [3.05, 3.63) is 118 Å². The lowest BCUT2D eigenvalue weighted by atomic mass is 9.75. The summed E-state index contributed by atoms with van der Waals surface area (Å²) in [4.78, 5) is 45.8. The first-order valence-electron chi connectivity index (χ1n) is 19.8. The molecule has 5 aliphatic heterocycles. The molecule has 296 valence electrons. The van der Waals surface area contributed by atoms with Gasteiger partial charge in [-0.15, -0.1) is 0 Å². The molecule has 3 amide bonds. The number of fused-ring (bicyclic) bond motifs is 2. The average molecular weight is 780 g/mol. The molecular formula is C44H44F3N5O5. The minimum absolute atomic E-state index is 0.0448. The first-order valence-corrected chi connectivity index (χ1v) is 19.8. The Hall–Kier alpha value is -5.56. The predicted octanol–water partition coefficient (Wildman–Crippen LogP) is 5.92. The van der Waals surface area contributed by atoms with Gasteiger partial charge in [-0.05, 0) is 90.4 Å². The molecule has 0 aromatic heterocycles. The zero-order chi connectivity index (χ0) is 39.4. The van der Waals surface area contributed by atoms with Crippen molar-refractivity contribution in [2.24, 2.45) is 5.92 Å². The van der Waals surface area contributed by atoms with Crippen molar-refractivity contribution < 1.29 is 37.4 Å². The summed E-state index contributed by atoms with van der Waals surface area (Å²) in [6.07, 6.45) is 2.46. The van der Waals surface area contributed by atoms with Crippen LogP contribution in [0.25, 0.3) is 0 Å². The molecule has 0 bridgehead atoms. The third-order valence-electron chi connectivity index (χ3n) is 12.6. The minimum atomic E-state index is -0.952. The molecule has 0 saturated carbocycles. The van der Waals surface area contributed by atoms with E-state index in [4.69, 9.17) is 4.74 Å². The van der Waals surface area contributed by atoms with Crippen molar-refractivity contribution in [1.29, 1.82) is 0 Å². The third-order valence-corrected chi connectivity index (χ3v) is 12.6. The quantitative estimate of drug-likeness (QED) is 0.223. The van der Waals surface area contributed by atoms with E-state index in [-0.39, 0.29) is 36.4 Å². The van der Waals surface area contributed by atoms with Crippen molar-refractivity contribution in [3.8, 4) is 11.5 Å². The number of halogens is 3. The first kappa shape index (κ1) is 37.0. The Labute approximate surface area is 328 Å². The van der Waals surface area contributed by atoms with Crippen LogP contribution in [-0.2, 0) is 16.1 Å². The number of benzene rings is 4. The Morgan fingerprint density at radius 2 is 1.53 bits per heavy atom. The van der Waals surface area contributed by atoms with E-state index in [0.717, 1.165) is 81.5 Å². The summed E-state index contributed by atoms with van der Waals surface area (Å²) in [6.45, 7) is 6.50. The largest absolute Gasteiger partial charge is 0.508 e. The maximum atomic E-state index is 16.1. The number of hydrogen-bond donors (Lipinski definition) is 2. The molecule has 4 aromatic rings.